The summed E-state index contributed by atoms with van der Waals surface area (Å²) >= 11 is 7.16. The summed E-state index contributed by atoms with van der Waals surface area (Å²) in [5.74, 6) is -0.425. The number of rotatable bonds is 0. The predicted octanol–water partition coefficient (Wildman–Crippen LogP) is 1.48. The van der Waals surface area contributed by atoms with Gasteiger partial charge in [0.1, 0.15) is 0 Å². The second kappa shape index (κ2) is 2.82. The number of esters is 2. The first-order valence-corrected chi connectivity index (χ1v) is 6.48. The van der Waals surface area contributed by atoms with Crippen molar-refractivity contribution in [1.82, 2.24) is 0 Å². The van der Waals surface area contributed by atoms with Crippen LogP contribution >= 0.6 is 31.9 Å². The van der Waals surface area contributed by atoms with E-state index in [1.165, 1.54) is 0 Å². The normalized spacial score (nSPS) is 55.0. The first kappa shape index (κ1) is 9.33. The second-order valence-electron chi connectivity index (χ2n) is 4.24. The lowest BCUT2D eigenvalue weighted by Crippen LogP contribution is -2.37. The first-order chi connectivity index (χ1) is 6.61. The standard InChI is InChI=1S/C9H8Br2O3/c10-6-2-1-3(7(6)11)5-4(2)8(12)14-9(5)13/h2-7H,1H2/t2-,3-,4-,5-,6-,7-/m1/s1. The van der Waals surface area contributed by atoms with Crippen LogP contribution in [-0.4, -0.2) is 21.6 Å². The van der Waals surface area contributed by atoms with Gasteiger partial charge in [0, 0.05) is 9.65 Å². The van der Waals surface area contributed by atoms with Gasteiger partial charge in [-0.2, -0.15) is 0 Å². The number of hydrogen-bond donors (Lipinski definition) is 0. The SMILES string of the molecule is O=C1OC(=O)[C@@H]2[C@H]3C[C@@H]([C@@H](Br)[C@@H]3Br)[C@@H]12. The molecule has 2 aliphatic carbocycles. The average molecular weight is 324 g/mol. The monoisotopic (exact) mass is 322 g/mol. The number of halogens is 2. The van der Waals surface area contributed by atoms with Gasteiger partial charge in [-0.3, -0.25) is 9.59 Å². The second-order valence-corrected chi connectivity index (χ2v) is 6.36. The van der Waals surface area contributed by atoms with Crippen molar-refractivity contribution in [3.05, 3.63) is 0 Å². The minimum Gasteiger partial charge on any atom is -0.393 e. The minimum atomic E-state index is -0.309. The fraction of sp³-hybridized carbons (Fsp3) is 0.778. The number of carbonyl (C=O) groups is 2. The number of alkyl halides is 2. The van der Waals surface area contributed by atoms with Crippen molar-refractivity contribution < 1.29 is 14.3 Å². The van der Waals surface area contributed by atoms with Crippen LogP contribution in [0.3, 0.4) is 0 Å². The molecule has 2 bridgehead atoms. The summed E-state index contributed by atoms with van der Waals surface area (Å²) in [6, 6.07) is 0. The highest BCUT2D eigenvalue weighted by atomic mass is 79.9. The highest BCUT2D eigenvalue weighted by molar-refractivity contribution is 9.12. The summed E-state index contributed by atoms with van der Waals surface area (Å²) in [6.45, 7) is 0. The Balaban J connectivity index is 2.01. The molecule has 3 rings (SSSR count). The van der Waals surface area contributed by atoms with Gasteiger partial charge in [-0.05, 0) is 18.3 Å². The van der Waals surface area contributed by atoms with Gasteiger partial charge in [-0.1, -0.05) is 31.9 Å². The Morgan fingerprint density at radius 2 is 1.43 bits per heavy atom. The zero-order valence-corrected chi connectivity index (χ0v) is 10.3. The summed E-state index contributed by atoms with van der Waals surface area (Å²) < 4.78 is 4.69. The van der Waals surface area contributed by atoms with Crippen LogP contribution in [0.25, 0.3) is 0 Å². The Morgan fingerprint density at radius 1 is 1.00 bits per heavy atom. The van der Waals surface area contributed by atoms with E-state index in [2.05, 4.69) is 36.6 Å². The molecule has 0 N–H and O–H groups in total. The molecule has 14 heavy (non-hydrogen) atoms. The lowest BCUT2D eigenvalue weighted by Gasteiger charge is -2.27. The Bertz CT molecular complexity index is 300. The van der Waals surface area contributed by atoms with Crippen molar-refractivity contribution >= 4 is 43.8 Å². The maximum atomic E-state index is 11.4. The van der Waals surface area contributed by atoms with Gasteiger partial charge in [-0.15, -0.1) is 0 Å². The molecule has 0 radical (unpaired) electrons. The largest absolute Gasteiger partial charge is 0.393 e. The number of ether oxygens (including phenoxy) is 1. The van der Waals surface area contributed by atoms with Crippen molar-refractivity contribution in [3.63, 3.8) is 0 Å². The molecule has 1 aliphatic heterocycles. The van der Waals surface area contributed by atoms with Crippen LogP contribution in [0.4, 0.5) is 0 Å². The summed E-state index contributed by atoms with van der Waals surface area (Å²) in [6.07, 6.45) is 0.960. The fourth-order valence-corrected chi connectivity index (χ4v) is 5.02. The number of cyclic esters (lactones) is 2. The molecule has 2 saturated carbocycles. The van der Waals surface area contributed by atoms with E-state index < -0.39 is 0 Å². The molecule has 1 heterocycles. The van der Waals surface area contributed by atoms with E-state index >= 15 is 0 Å². The maximum absolute atomic E-state index is 11.4. The van der Waals surface area contributed by atoms with Crippen LogP contribution in [0.15, 0.2) is 0 Å². The summed E-state index contributed by atoms with van der Waals surface area (Å²) in [7, 11) is 0. The van der Waals surface area contributed by atoms with Crippen LogP contribution in [0.1, 0.15) is 6.42 Å². The van der Waals surface area contributed by atoms with Gasteiger partial charge in [0.05, 0.1) is 11.8 Å². The highest BCUT2D eigenvalue weighted by Crippen LogP contribution is 2.59. The minimum absolute atomic E-state index is 0.175. The third-order valence-electron chi connectivity index (χ3n) is 3.72. The molecule has 0 spiro atoms. The molecule has 0 unspecified atom stereocenters. The molecule has 6 atom stereocenters. The van der Waals surface area contributed by atoms with Crippen LogP contribution in [0.2, 0.25) is 0 Å². The summed E-state index contributed by atoms with van der Waals surface area (Å²) in [5.41, 5.74) is 0. The molecule has 76 valence electrons. The quantitative estimate of drug-likeness (QED) is 0.385. The Hall–Kier alpha value is 0.1000. The van der Waals surface area contributed by atoms with Crippen LogP contribution in [-0.2, 0) is 14.3 Å². The van der Waals surface area contributed by atoms with Crippen LogP contribution < -0.4 is 0 Å². The first-order valence-electron chi connectivity index (χ1n) is 4.65. The topological polar surface area (TPSA) is 43.4 Å². The van der Waals surface area contributed by atoms with Crippen LogP contribution in [0.5, 0.6) is 0 Å². The third-order valence-corrected chi connectivity index (χ3v) is 6.93. The van der Waals surface area contributed by atoms with E-state index in [1.807, 2.05) is 0 Å². The van der Waals surface area contributed by atoms with Gasteiger partial charge < -0.3 is 4.74 Å². The van der Waals surface area contributed by atoms with Crippen molar-refractivity contribution in [3.8, 4) is 0 Å². The molecule has 3 fully saturated rings. The summed E-state index contributed by atoms with van der Waals surface area (Å²) in [5, 5.41) is 0. The van der Waals surface area contributed by atoms with Crippen molar-refractivity contribution in [1.29, 1.82) is 0 Å². The van der Waals surface area contributed by atoms with Gasteiger partial charge in [0.15, 0.2) is 0 Å². The van der Waals surface area contributed by atoms with Gasteiger partial charge in [-0.25, -0.2) is 0 Å². The lowest BCUT2D eigenvalue weighted by molar-refractivity contribution is -0.154. The molecule has 1 saturated heterocycles. The van der Waals surface area contributed by atoms with E-state index in [4.69, 9.17) is 0 Å². The van der Waals surface area contributed by atoms with E-state index in [0.29, 0.717) is 9.65 Å². The van der Waals surface area contributed by atoms with Gasteiger partial charge >= 0.3 is 11.9 Å². The van der Waals surface area contributed by atoms with Crippen LogP contribution in [0, 0.1) is 23.7 Å². The zero-order valence-electron chi connectivity index (χ0n) is 7.15. The van der Waals surface area contributed by atoms with E-state index in [-0.39, 0.29) is 35.6 Å². The lowest BCUT2D eigenvalue weighted by atomic mass is 9.81. The zero-order chi connectivity index (χ0) is 10.0. The number of carbonyl (C=O) groups excluding carboxylic acids is 2. The molecular weight excluding hydrogens is 316 g/mol. The van der Waals surface area contributed by atoms with E-state index in [0.717, 1.165) is 6.42 Å². The molecule has 3 nitrogen and oxygen atoms in total. The smallest absolute Gasteiger partial charge is 0.317 e. The Morgan fingerprint density at radius 3 is 1.86 bits per heavy atom. The summed E-state index contributed by atoms with van der Waals surface area (Å²) in [4.78, 5) is 23.5. The van der Waals surface area contributed by atoms with Crippen molar-refractivity contribution in [2.24, 2.45) is 23.7 Å². The number of hydrogen-bond acceptors (Lipinski definition) is 3. The molecule has 3 aliphatic rings. The Kier molecular flexibility index (Phi) is 1.88. The fourth-order valence-electron chi connectivity index (χ4n) is 3.15. The Labute approximate surface area is 97.8 Å². The molecule has 5 heteroatoms. The predicted molar refractivity (Wildman–Crippen MR) is 55.1 cm³/mol. The van der Waals surface area contributed by atoms with E-state index in [9.17, 15) is 9.59 Å². The van der Waals surface area contributed by atoms with Crippen molar-refractivity contribution in [2.75, 3.05) is 0 Å². The highest BCUT2D eigenvalue weighted by Gasteiger charge is 2.65. The number of fused-ring (bicyclic) bond motifs is 5. The molecule has 0 aromatic rings. The molecular formula is C9H8Br2O3. The van der Waals surface area contributed by atoms with E-state index in [1.54, 1.807) is 0 Å². The molecule has 0 amide bonds. The van der Waals surface area contributed by atoms with Gasteiger partial charge in [0.2, 0.25) is 0 Å². The third kappa shape index (κ3) is 0.927. The molecule has 0 aromatic heterocycles. The van der Waals surface area contributed by atoms with Crippen molar-refractivity contribution in [2.45, 2.75) is 16.1 Å². The average Bonchev–Trinajstić information content (AvgIpc) is 2.71. The van der Waals surface area contributed by atoms with Gasteiger partial charge in [0.25, 0.3) is 0 Å². The molecule has 0 aromatic carbocycles. The maximum Gasteiger partial charge on any atom is 0.317 e.